The lowest BCUT2D eigenvalue weighted by atomic mass is 9.86. The summed E-state index contributed by atoms with van der Waals surface area (Å²) in [5, 5.41) is 0. The molecule has 1 heterocycles. The summed E-state index contributed by atoms with van der Waals surface area (Å²) in [7, 11) is 0. The average Bonchev–Trinajstić information content (AvgIpc) is 2.96. The first kappa shape index (κ1) is 11.2. The van der Waals surface area contributed by atoms with E-state index in [1.54, 1.807) is 5.56 Å². The van der Waals surface area contributed by atoms with E-state index in [1.807, 2.05) is 11.8 Å². The Morgan fingerprint density at radius 1 is 1.44 bits per heavy atom. The molecule has 2 unspecified atom stereocenters. The minimum atomic E-state index is 0.614. The van der Waals surface area contributed by atoms with Gasteiger partial charge in [0.2, 0.25) is 0 Å². The topological polar surface area (TPSA) is 0 Å². The monoisotopic (exact) mass is 296 g/mol. The van der Waals surface area contributed by atoms with Crippen molar-refractivity contribution in [2.75, 3.05) is 5.75 Å². The number of benzene rings is 1. The molecule has 1 saturated carbocycles. The molecule has 0 N–H and O–H groups in total. The van der Waals surface area contributed by atoms with Crippen LogP contribution in [0, 0.1) is 5.41 Å². The van der Waals surface area contributed by atoms with E-state index in [0.717, 1.165) is 5.92 Å². The Morgan fingerprint density at radius 2 is 2.19 bits per heavy atom. The quantitative estimate of drug-likeness (QED) is 0.720. The molecule has 0 bridgehead atoms. The summed E-state index contributed by atoms with van der Waals surface area (Å²) in [5.41, 5.74) is 2.22. The highest BCUT2D eigenvalue weighted by molar-refractivity contribution is 9.09. The number of rotatable bonds is 3. The van der Waals surface area contributed by atoms with Crippen molar-refractivity contribution in [1.29, 1.82) is 0 Å². The average molecular weight is 297 g/mol. The van der Waals surface area contributed by atoms with Gasteiger partial charge in [0, 0.05) is 15.5 Å². The minimum Gasteiger partial charge on any atom is -0.125 e. The molecule has 0 nitrogen and oxygen atoms in total. The number of alkyl halides is 1. The Morgan fingerprint density at radius 3 is 2.88 bits per heavy atom. The van der Waals surface area contributed by atoms with Gasteiger partial charge in [-0.1, -0.05) is 41.1 Å². The van der Waals surface area contributed by atoms with Gasteiger partial charge in [-0.05, 0) is 42.2 Å². The summed E-state index contributed by atoms with van der Waals surface area (Å²) in [5.74, 6) is 2.09. The minimum absolute atomic E-state index is 0.614. The Labute approximate surface area is 110 Å². The molecule has 0 radical (unpaired) electrons. The van der Waals surface area contributed by atoms with Gasteiger partial charge in [-0.15, -0.1) is 11.8 Å². The maximum atomic E-state index is 3.80. The summed E-state index contributed by atoms with van der Waals surface area (Å²) in [6.07, 6.45) is 4.22. The largest absolute Gasteiger partial charge is 0.125 e. The van der Waals surface area contributed by atoms with Crippen molar-refractivity contribution in [3.63, 3.8) is 0 Å². The molecule has 3 rings (SSSR count). The molecule has 0 spiro atoms. The maximum absolute atomic E-state index is 3.80. The van der Waals surface area contributed by atoms with Crippen LogP contribution < -0.4 is 0 Å². The van der Waals surface area contributed by atoms with Crippen LogP contribution in [-0.4, -0.2) is 10.6 Å². The maximum Gasteiger partial charge on any atom is 0.0174 e. The van der Waals surface area contributed by atoms with Gasteiger partial charge in [-0.2, -0.15) is 0 Å². The lowest BCUT2D eigenvalue weighted by molar-refractivity contribution is 0.431. The fourth-order valence-electron chi connectivity index (χ4n) is 2.81. The highest BCUT2D eigenvalue weighted by Gasteiger charge is 2.48. The molecule has 1 aromatic carbocycles. The third kappa shape index (κ3) is 1.84. The Balaban J connectivity index is 1.79. The molecular formula is C14H17BrS. The molecule has 2 heteroatoms. The zero-order chi connectivity index (χ0) is 11.2. The summed E-state index contributed by atoms with van der Waals surface area (Å²) in [6, 6.07) is 8.95. The first-order valence-electron chi connectivity index (χ1n) is 6.07. The van der Waals surface area contributed by atoms with Gasteiger partial charge in [0.05, 0.1) is 0 Å². The molecule has 16 heavy (non-hydrogen) atoms. The second-order valence-electron chi connectivity index (χ2n) is 5.23. The van der Waals surface area contributed by atoms with Crippen LogP contribution in [0.1, 0.15) is 37.7 Å². The normalized spacial score (nSPS) is 27.5. The number of hydrogen-bond donors (Lipinski definition) is 0. The van der Waals surface area contributed by atoms with Crippen LogP contribution >= 0.6 is 27.7 Å². The molecular weight excluding hydrogens is 280 g/mol. The van der Waals surface area contributed by atoms with E-state index < -0.39 is 0 Å². The molecule has 1 aliphatic heterocycles. The fourth-order valence-corrected chi connectivity index (χ4v) is 4.71. The van der Waals surface area contributed by atoms with Crippen LogP contribution in [0.25, 0.3) is 0 Å². The SMILES string of the molecule is CC(Br)C1(CC2CSc3ccccc32)CC1. The Hall–Kier alpha value is 0.0500. The van der Waals surface area contributed by atoms with E-state index in [2.05, 4.69) is 47.1 Å². The van der Waals surface area contributed by atoms with Crippen molar-refractivity contribution in [2.45, 2.75) is 41.8 Å². The van der Waals surface area contributed by atoms with Crippen LogP contribution in [0.2, 0.25) is 0 Å². The fraction of sp³-hybridized carbons (Fsp3) is 0.571. The van der Waals surface area contributed by atoms with Gasteiger partial charge in [0.15, 0.2) is 0 Å². The molecule has 2 atom stereocenters. The molecule has 1 aliphatic carbocycles. The summed E-state index contributed by atoms with van der Waals surface area (Å²) >= 11 is 5.84. The summed E-state index contributed by atoms with van der Waals surface area (Å²) in [6.45, 7) is 2.32. The molecule has 1 aromatic rings. The molecule has 1 fully saturated rings. The first-order valence-corrected chi connectivity index (χ1v) is 7.97. The zero-order valence-corrected chi connectivity index (χ0v) is 12.0. The summed E-state index contributed by atoms with van der Waals surface area (Å²) < 4.78 is 0. The highest BCUT2D eigenvalue weighted by Crippen LogP contribution is 2.59. The van der Waals surface area contributed by atoms with Crippen molar-refractivity contribution in [2.24, 2.45) is 5.41 Å². The van der Waals surface area contributed by atoms with Gasteiger partial charge in [0.1, 0.15) is 0 Å². The number of thioether (sulfide) groups is 1. The highest BCUT2D eigenvalue weighted by atomic mass is 79.9. The van der Waals surface area contributed by atoms with E-state index in [1.165, 1.54) is 29.9 Å². The number of hydrogen-bond acceptors (Lipinski definition) is 1. The number of halogens is 1. The van der Waals surface area contributed by atoms with Crippen molar-refractivity contribution in [3.05, 3.63) is 29.8 Å². The lowest BCUT2D eigenvalue weighted by Gasteiger charge is -2.22. The Kier molecular flexibility index (Phi) is 2.83. The van der Waals surface area contributed by atoms with Crippen molar-refractivity contribution < 1.29 is 0 Å². The summed E-state index contributed by atoms with van der Waals surface area (Å²) in [4.78, 5) is 2.20. The molecule has 0 aromatic heterocycles. The second-order valence-corrected chi connectivity index (χ2v) is 7.66. The van der Waals surface area contributed by atoms with Gasteiger partial charge in [0.25, 0.3) is 0 Å². The van der Waals surface area contributed by atoms with E-state index in [-0.39, 0.29) is 0 Å². The second kappa shape index (κ2) is 4.06. The van der Waals surface area contributed by atoms with E-state index in [0.29, 0.717) is 10.2 Å². The third-order valence-corrected chi connectivity index (χ3v) is 6.41. The predicted octanol–water partition coefficient (Wildman–Crippen LogP) is 4.83. The van der Waals surface area contributed by atoms with Gasteiger partial charge in [-0.25, -0.2) is 0 Å². The predicted molar refractivity (Wildman–Crippen MR) is 74.6 cm³/mol. The van der Waals surface area contributed by atoms with Crippen LogP contribution in [0.15, 0.2) is 29.2 Å². The van der Waals surface area contributed by atoms with Gasteiger partial charge >= 0.3 is 0 Å². The molecule has 2 aliphatic rings. The zero-order valence-electron chi connectivity index (χ0n) is 9.58. The van der Waals surface area contributed by atoms with Crippen LogP contribution in [0.4, 0.5) is 0 Å². The van der Waals surface area contributed by atoms with Crippen molar-refractivity contribution in [3.8, 4) is 0 Å². The van der Waals surface area contributed by atoms with Gasteiger partial charge < -0.3 is 0 Å². The van der Waals surface area contributed by atoms with Crippen LogP contribution in [-0.2, 0) is 0 Å². The molecule has 86 valence electrons. The lowest BCUT2D eigenvalue weighted by Crippen LogP contribution is -2.16. The Bertz CT molecular complexity index is 395. The van der Waals surface area contributed by atoms with Gasteiger partial charge in [-0.3, -0.25) is 0 Å². The third-order valence-electron chi connectivity index (χ3n) is 4.19. The number of fused-ring (bicyclic) bond motifs is 1. The standard InChI is InChI=1S/C14H17BrS/c1-10(15)14(6-7-14)8-11-9-16-13-5-3-2-4-12(11)13/h2-5,10-11H,6-9H2,1H3. The molecule has 0 saturated heterocycles. The van der Waals surface area contributed by atoms with Crippen LogP contribution in [0.3, 0.4) is 0 Å². The molecule has 0 amide bonds. The first-order chi connectivity index (χ1) is 7.71. The van der Waals surface area contributed by atoms with E-state index in [4.69, 9.17) is 0 Å². The van der Waals surface area contributed by atoms with Crippen molar-refractivity contribution in [1.82, 2.24) is 0 Å². The van der Waals surface area contributed by atoms with Crippen molar-refractivity contribution >= 4 is 27.7 Å². The smallest absolute Gasteiger partial charge is 0.0174 e. The van der Waals surface area contributed by atoms with Crippen LogP contribution in [0.5, 0.6) is 0 Å². The van der Waals surface area contributed by atoms with E-state index >= 15 is 0 Å². The van der Waals surface area contributed by atoms with E-state index in [9.17, 15) is 0 Å².